The molecule has 0 aliphatic carbocycles. The minimum Gasteiger partial charge on any atom is -0.482 e. The molecule has 32 heavy (non-hydrogen) atoms. The topological polar surface area (TPSA) is 87.7 Å². The molecule has 3 aromatic carbocycles. The quantitative estimate of drug-likeness (QED) is 0.630. The summed E-state index contributed by atoms with van der Waals surface area (Å²) in [6, 6.07) is 21.7. The van der Waals surface area contributed by atoms with E-state index < -0.39 is 0 Å². The maximum Gasteiger partial charge on any atom is 0.265 e. The van der Waals surface area contributed by atoms with Crippen molar-refractivity contribution in [1.82, 2.24) is 5.32 Å². The van der Waals surface area contributed by atoms with E-state index in [0.717, 1.165) is 11.1 Å². The van der Waals surface area contributed by atoms with Gasteiger partial charge in [-0.3, -0.25) is 19.3 Å². The van der Waals surface area contributed by atoms with Crippen LogP contribution >= 0.6 is 0 Å². The zero-order valence-corrected chi connectivity index (χ0v) is 17.6. The fourth-order valence-corrected chi connectivity index (χ4v) is 3.39. The Labute approximate surface area is 186 Å². The van der Waals surface area contributed by atoms with Gasteiger partial charge < -0.3 is 15.4 Å². The average molecular weight is 429 g/mol. The van der Waals surface area contributed by atoms with Crippen molar-refractivity contribution in [1.29, 1.82) is 0 Å². The zero-order valence-electron chi connectivity index (χ0n) is 17.6. The molecule has 0 saturated heterocycles. The molecule has 2 N–H and O–H groups in total. The molecular formula is C25H23N3O4. The zero-order chi connectivity index (χ0) is 22.5. The normalized spacial score (nSPS) is 12.5. The van der Waals surface area contributed by atoms with Crippen molar-refractivity contribution in [2.75, 3.05) is 23.4 Å². The monoisotopic (exact) mass is 429 g/mol. The number of carbonyl (C=O) groups is 3. The van der Waals surface area contributed by atoms with Crippen LogP contribution in [0.4, 0.5) is 11.4 Å². The Morgan fingerprint density at radius 3 is 2.59 bits per heavy atom. The van der Waals surface area contributed by atoms with Crippen molar-refractivity contribution in [2.24, 2.45) is 0 Å². The summed E-state index contributed by atoms with van der Waals surface area (Å²) in [6.07, 6.45) is 0. The highest BCUT2D eigenvalue weighted by Crippen LogP contribution is 2.31. The molecule has 1 aliphatic rings. The predicted octanol–water partition coefficient (Wildman–Crippen LogP) is 3.29. The third-order valence-corrected chi connectivity index (χ3v) is 5.10. The highest BCUT2D eigenvalue weighted by molar-refractivity contribution is 6.04. The van der Waals surface area contributed by atoms with E-state index in [0.29, 0.717) is 22.7 Å². The Kier molecular flexibility index (Phi) is 6.17. The molecule has 3 aromatic rings. The maximum absolute atomic E-state index is 12.5. The molecule has 0 spiro atoms. The first-order chi connectivity index (χ1) is 15.5. The summed E-state index contributed by atoms with van der Waals surface area (Å²) in [4.78, 5) is 38.6. The summed E-state index contributed by atoms with van der Waals surface area (Å²) < 4.78 is 5.40. The number of nitrogens with zero attached hydrogens (tertiary/aromatic N) is 1. The van der Waals surface area contributed by atoms with Gasteiger partial charge in [0.1, 0.15) is 12.3 Å². The second-order valence-corrected chi connectivity index (χ2v) is 7.53. The standard InChI is InChI=1S/C25H23N3O4/c1-17-9-11-19(12-10-17)25(31)27-20-6-4-5-18(13-20)14-26-23(29)15-28-21-7-2-3-8-22(21)32-16-24(28)30/h2-13H,14-16H2,1H3,(H,26,29)(H,27,31). The third-order valence-electron chi connectivity index (χ3n) is 5.10. The Hall–Kier alpha value is -4.13. The van der Waals surface area contributed by atoms with Gasteiger partial charge in [-0.2, -0.15) is 0 Å². The number of anilines is 2. The Morgan fingerprint density at radius 1 is 1.00 bits per heavy atom. The predicted molar refractivity (Wildman–Crippen MR) is 122 cm³/mol. The minimum atomic E-state index is -0.288. The van der Waals surface area contributed by atoms with Gasteiger partial charge in [-0.25, -0.2) is 0 Å². The van der Waals surface area contributed by atoms with Gasteiger partial charge in [0.05, 0.1) is 5.69 Å². The molecule has 0 unspecified atom stereocenters. The van der Waals surface area contributed by atoms with Crippen LogP contribution in [0, 0.1) is 6.92 Å². The fourth-order valence-electron chi connectivity index (χ4n) is 3.39. The van der Waals surface area contributed by atoms with Crippen LogP contribution in [0.1, 0.15) is 21.5 Å². The fraction of sp³-hybridized carbons (Fsp3) is 0.160. The Balaban J connectivity index is 1.35. The maximum atomic E-state index is 12.5. The molecule has 0 radical (unpaired) electrons. The highest BCUT2D eigenvalue weighted by atomic mass is 16.5. The Morgan fingerprint density at radius 2 is 1.78 bits per heavy atom. The number of amides is 3. The summed E-state index contributed by atoms with van der Waals surface area (Å²) in [5.74, 6) is -0.170. The van der Waals surface area contributed by atoms with Crippen LogP contribution in [-0.2, 0) is 16.1 Å². The van der Waals surface area contributed by atoms with Crippen LogP contribution in [0.25, 0.3) is 0 Å². The number of fused-ring (bicyclic) bond motifs is 1. The molecule has 1 heterocycles. The number of para-hydroxylation sites is 2. The van der Waals surface area contributed by atoms with Crippen molar-refractivity contribution >= 4 is 29.1 Å². The molecule has 3 amide bonds. The van der Waals surface area contributed by atoms with Crippen LogP contribution in [0.15, 0.2) is 72.8 Å². The lowest BCUT2D eigenvalue weighted by atomic mass is 10.1. The van der Waals surface area contributed by atoms with E-state index in [-0.39, 0.29) is 37.4 Å². The molecule has 0 fully saturated rings. The third kappa shape index (κ3) is 4.95. The number of rotatable bonds is 6. The van der Waals surface area contributed by atoms with Crippen LogP contribution < -0.4 is 20.3 Å². The number of hydrogen-bond donors (Lipinski definition) is 2. The van der Waals surface area contributed by atoms with E-state index in [1.165, 1.54) is 4.90 Å². The number of hydrogen-bond acceptors (Lipinski definition) is 4. The van der Waals surface area contributed by atoms with E-state index in [2.05, 4.69) is 10.6 Å². The summed E-state index contributed by atoms with van der Waals surface area (Å²) >= 11 is 0. The first kappa shape index (κ1) is 21.1. The van der Waals surface area contributed by atoms with Gasteiger partial charge in [0.2, 0.25) is 5.91 Å². The lowest BCUT2D eigenvalue weighted by Crippen LogP contribution is -2.45. The lowest BCUT2D eigenvalue weighted by molar-refractivity contribution is -0.125. The first-order valence-corrected chi connectivity index (χ1v) is 10.3. The van der Waals surface area contributed by atoms with Gasteiger partial charge >= 0.3 is 0 Å². The van der Waals surface area contributed by atoms with Gasteiger partial charge in [-0.1, -0.05) is 42.0 Å². The first-order valence-electron chi connectivity index (χ1n) is 10.3. The molecule has 1 aliphatic heterocycles. The van der Waals surface area contributed by atoms with E-state index in [9.17, 15) is 14.4 Å². The average Bonchev–Trinajstić information content (AvgIpc) is 2.80. The molecule has 4 rings (SSSR count). The smallest absolute Gasteiger partial charge is 0.265 e. The number of carbonyl (C=O) groups excluding carboxylic acids is 3. The summed E-state index contributed by atoms with van der Waals surface area (Å²) in [7, 11) is 0. The molecule has 0 atom stereocenters. The van der Waals surface area contributed by atoms with Crippen LogP contribution in [-0.4, -0.2) is 30.9 Å². The van der Waals surface area contributed by atoms with Gasteiger partial charge in [0, 0.05) is 17.8 Å². The van der Waals surface area contributed by atoms with E-state index in [1.54, 1.807) is 36.4 Å². The number of benzene rings is 3. The van der Waals surface area contributed by atoms with E-state index >= 15 is 0 Å². The summed E-state index contributed by atoms with van der Waals surface area (Å²) in [5.41, 5.74) is 3.71. The van der Waals surface area contributed by atoms with Gasteiger partial charge in [0.15, 0.2) is 6.61 Å². The van der Waals surface area contributed by atoms with E-state index in [1.807, 2.05) is 43.3 Å². The second kappa shape index (κ2) is 9.34. The van der Waals surface area contributed by atoms with Crippen molar-refractivity contribution in [3.05, 3.63) is 89.5 Å². The largest absolute Gasteiger partial charge is 0.482 e. The van der Waals surface area contributed by atoms with Gasteiger partial charge in [0.25, 0.3) is 11.8 Å². The van der Waals surface area contributed by atoms with Gasteiger partial charge in [-0.05, 0) is 48.9 Å². The van der Waals surface area contributed by atoms with Crippen LogP contribution in [0.3, 0.4) is 0 Å². The molecule has 0 saturated carbocycles. The number of nitrogens with one attached hydrogen (secondary N) is 2. The van der Waals surface area contributed by atoms with E-state index in [4.69, 9.17) is 4.74 Å². The molecule has 0 aromatic heterocycles. The minimum absolute atomic E-state index is 0.0903. The second-order valence-electron chi connectivity index (χ2n) is 7.53. The van der Waals surface area contributed by atoms with Crippen LogP contribution in [0.2, 0.25) is 0 Å². The number of ether oxygens (including phenoxy) is 1. The van der Waals surface area contributed by atoms with Crippen molar-refractivity contribution in [2.45, 2.75) is 13.5 Å². The SMILES string of the molecule is Cc1ccc(C(=O)Nc2cccc(CNC(=O)CN3C(=O)COc4ccccc43)c2)cc1. The molecule has 0 bridgehead atoms. The van der Waals surface area contributed by atoms with Crippen LogP contribution in [0.5, 0.6) is 5.75 Å². The molecule has 162 valence electrons. The molecule has 7 nitrogen and oxygen atoms in total. The number of aryl methyl sites for hydroxylation is 1. The van der Waals surface area contributed by atoms with Crippen molar-refractivity contribution in [3.8, 4) is 5.75 Å². The summed E-state index contributed by atoms with van der Waals surface area (Å²) in [5, 5.41) is 5.70. The van der Waals surface area contributed by atoms with Gasteiger partial charge in [-0.15, -0.1) is 0 Å². The van der Waals surface area contributed by atoms with Crippen molar-refractivity contribution in [3.63, 3.8) is 0 Å². The highest BCUT2D eigenvalue weighted by Gasteiger charge is 2.26. The van der Waals surface area contributed by atoms with Crippen molar-refractivity contribution < 1.29 is 19.1 Å². The summed E-state index contributed by atoms with van der Waals surface area (Å²) in [6.45, 7) is 2.05. The Bertz CT molecular complexity index is 1160. The molecule has 7 heteroatoms. The lowest BCUT2D eigenvalue weighted by Gasteiger charge is -2.28. The molecular weight excluding hydrogens is 406 g/mol.